The molecule has 8 heteroatoms. The number of nitrogens with zero attached hydrogens (tertiary/aromatic N) is 2. The van der Waals surface area contributed by atoms with E-state index in [0.29, 0.717) is 29.1 Å². The lowest BCUT2D eigenvalue weighted by atomic mass is 9.94. The molecule has 1 fully saturated rings. The van der Waals surface area contributed by atoms with Crippen LogP contribution in [0.5, 0.6) is 0 Å². The van der Waals surface area contributed by atoms with Gasteiger partial charge in [-0.3, -0.25) is 4.79 Å². The minimum Gasteiger partial charge on any atom is -0.356 e. The number of amides is 1. The molecule has 0 atom stereocenters. The molecule has 160 valence electrons. The third kappa shape index (κ3) is 3.30. The van der Waals surface area contributed by atoms with Gasteiger partial charge in [0.15, 0.2) is 5.82 Å². The SMILES string of the molecule is CC(C)c1ccc(-c2nccc(-c3cc4c([nH]3)C3(CC3)CNC4=O)n2)cc1C(F)(F)F. The molecule has 5 rings (SSSR count). The third-order valence-electron chi connectivity index (χ3n) is 6.20. The van der Waals surface area contributed by atoms with Gasteiger partial charge >= 0.3 is 6.18 Å². The Kier molecular flexibility index (Phi) is 4.26. The molecule has 0 unspecified atom stereocenters. The standard InChI is InChI=1S/C23H21F3N4O/c1-12(2)14-4-3-13(9-16(14)23(24,25)26)20-27-8-5-17(30-20)18-10-15-19(29-18)22(6-7-22)11-28-21(15)31/h3-5,8-10,12,29H,6-7,11H2,1-2H3,(H,28,31). The van der Waals surface area contributed by atoms with Gasteiger partial charge in [0.05, 0.1) is 22.5 Å². The lowest BCUT2D eigenvalue weighted by molar-refractivity contribution is -0.138. The Labute approximate surface area is 177 Å². The molecule has 1 spiro atoms. The molecule has 2 N–H and O–H groups in total. The average molecular weight is 426 g/mol. The van der Waals surface area contributed by atoms with Gasteiger partial charge < -0.3 is 10.3 Å². The maximum Gasteiger partial charge on any atom is 0.416 e. The van der Waals surface area contributed by atoms with Gasteiger partial charge in [0.1, 0.15) is 0 Å². The second-order valence-corrected chi connectivity index (χ2v) is 8.65. The molecule has 3 heterocycles. The second-order valence-electron chi connectivity index (χ2n) is 8.65. The molecule has 1 aliphatic carbocycles. The van der Waals surface area contributed by atoms with Crippen molar-refractivity contribution < 1.29 is 18.0 Å². The van der Waals surface area contributed by atoms with Crippen molar-refractivity contribution in [3.05, 3.63) is 58.9 Å². The number of rotatable bonds is 3. The van der Waals surface area contributed by atoms with Crippen LogP contribution in [0, 0.1) is 0 Å². The molecule has 5 nitrogen and oxygen atoms in total. The number of carbonyl (C=O) groups is 1. The normalized spacial score (nSPS) is 17.0. The van der Waals surface area contributed by atoms with E-state index in [4.69, 9.17) is 0 Å². The zero-order chi connectivity index (χ0) is 22.0. The molecule has 0 radical (unpaired) electrons. The largest absolute Gasteiger partial charge is 0.416 e. The summed E-state index contributed by atoms with van der Waals surface area (Å²) in [5.74, 6) is -0.177. The molecule has 1 aromatic carbocycles. The van der Waals surface area contributed by atoms with Crippen molar-refractivity contribution in [2.75, 3.05) is 6.54 Å². The predicted octanol–water partition coefficient (Wildman–Crippen LogP) is 5.06. The first-order valence-electron chi connectivity index (χ1n) is 10.2. The van der Waals surface area contributed by atoms with Crippen LogP contribution in [0.1, 0.15) is 59.8 Å². The van der Waals surface area contributed by atoms with E-state index in [1.54, 1.807) is 32.0 Å². The fourth-order valence-electron chi connectivity index (χ4n) is 4.29. The molecule has 1 aliphatic heterocycles. The van der Waals surface area contributed by atoms with Crippen LogP contribution in [0.3, 0.4) is 0 Å². The number of hydrogen-bond donors (Lipinski definition) is 2. The van der Waals surface area contributed by atoms with E-state index in [9.17, 15) is 18.0 Å². The summed E-state index contributed by atoms with van der Waals surface area (Å²) in [5, 5.41) is 2.93. The number of alkyl halides is 3. The van der Waals surface area contributed by atoms with Crippen molar-refractivity contribution in [1.82, 2.24) is 20.3 Å². The molecule has 1 saturated carbocycles. The summed E-state index contributed by atoms with van der Waals surface area (Å²) >= 11 is 0. The molecule has 31 heavy (non-hydrogen) atoms. The van der Waals surface area contributed by atoms with Crippen LogP contribution in [-0.2, 0) is 11.6 Å². The van der Waals surface area contributed by atoms with Gasteiger partial charge in [-0.2, -0.15) is 13.2 Å². The van der Waals surface area contributed by atoms with Gasteiger partial charge in [0.2, 0.25) is 0 Å². The van der Waals surface area contributed by atoms with E-state index in [-0.39, 0.29) is 28.6 Å². The number of aromatic amines is 1. The van der Waals surface area contributed by atoms with E-state index >= 15 is 0 Å². The van der Waals surface area contributed by atoms with Crippen molar-refractivity contribution in [2.24, 2.45) is 0 Å². The van der Waals surface area contributed by atoms with E-state index in [2.05, 4.69) is 20.3 Å². The monoisotopic (exact) mass is 426 g/mol. The molecular formula is C23H21F3N4O. The number of H-pyrrole nitrogens is 1. The number of fused-ring (bicyclic) bond motifs is 2. The van der Waals surface area contributed by atoms with Gasteiger partial charge in [-0.15, -0.1) is 0 Å². The minimum atomic E-state index is -4.46. The topological polar surface area (TPSA) is 70.7 Å². The lowest BCUT2D eigenvalue weighted by Crippen LogP contribution is -2.38. The summed E-state index contributed by atoms with van der Waals surface area (Å²) in [5.41, 5.74) is 2.57. The highest BCUT2D eigenvalue weighted by Gasteiger charge is 2.50. The van der Waals surface area contributed by atoms with Gasteiger partial charge in [0.25, 0.3) is 5.91 Å². The highest BCUT2D eigenvalue weighted by Crippen LogP contribution is 2.50. The lowest BCUT2D eigenvalue weighted by Gasteiger charge is -2.21. The van der Waals surface area contributed by atoms with Crippen LogP contribution in [0.4, 0.5) is 13.2 Å². The Morgan fingerprint density at radius 3 is 2.58 bits per heavy atom. The minimum absolute atomic E-state index is 0.0222. The Morgan fingerprint density at radius 2 is 1.90 bits per heavy atom. The summed E-state index contributed by atoms with van der Waals surface area (Å²) in [6, 6.07) is 7.68. The molecule has 0 saturated heterocycles. The van der Waals surface area contributed by atoms with Crippen LogP contribution >= 0.6 is 0 Å². The predicted molar refractivity (Wildman–Crippen MR) is 110 cm³/mol. The van der Waals surface area contributed by atoms with Gasteiger partial charge in [0, 0.05) is 29.4 Å². The zero-order valence-corrected chi connectivity index (χ0v) is 17.1. The fraction of sp³-hybridized carbons (Fsp3) is 0.348. The van der Waals surface area contributed by atoms with Crippen molar-refractivity contribution in [3.8, 4) is 22.8 Å². The van der Waals surface area contributed by atoms with Crippen LogP contribution in [0.15, 0.2) is 36.5 Å². The number of carbonyl (C=O) groups excluding carboxylic acids is 1. The van der Waals surface area contributed by atoms with Crippen LogP contribution < -0.4 is 5.32 Å². The van der Waals surface area contributed by atoms with E-state index in [1.807, 2.05) is 0 Å². The Balaban J connectivity index is 1.56. The van der Waals surface area contributed by atoms with E-state index < -0.39 is 11.7 Å². The number of halogens is 3. The number of nitrogens with one attached hydrogen (secondary N) is 2. The number of aromatic nitrogens is 3. The smallest absolute Gasteiger partial charge is 0.356 e. The second kappa shape index (κ2) is 6.67. The summed E-state index contributed by atoms with van der Waals surface area (Å²) in [6.45, 7) is 4.09. The van der Waals surface area contributed by atoms with Crippen molar-refractivity contribution >= 4 is 5.91 Å². The van der Waals surface area contributed by atoms with Crippen molar-refractivity contribution in [3.63, 3.8) is 0 Å². The van der Waals surface area contributed by atoms with Gasteiger partial charge in [-0.05, 0) is 42.5 Å². The Morgan fingerprint density at radius 1 is 1.13 bits per heavy atom. The zero-order valence-electron chi connectivity index (χ0n) is 17.1. The first-order chi connectivity index (χ1) is 14.7. The molecule has 1 amide bonds. The maximum absolute atomic E-state index is 13.6. The quantitative estimate of drug-likeness (QED) is 0.615. The number of benzene rings is 1. The molecule has 2 aliphatic rings. The summed E-state index contributed by atoms with van der Waals surface area (Å²) < 4.78 is 40.8. The molecular weight excluding hydrogens is 405 g/mol. The van der Waals surface area contributed by atoms with Gasteiger partial charge in [-0.1, -0.05) is 26.0 Å². The first-order valence-corrected chi connectivity index (χ1v) is 10.2. The van der Waals surface area contributed by atoms with Gasteiger partial charge in [-0.25, -0.2) is 9.97 Å². The van der Waals surface area contributed by atoms with Crippen LogP contribution in [0.2, 0.25) is 0 Å². The highest BCUT2D eigenvalue weighted by molar-refractivity contribution is 5.98. The summed E-state index contributed by atoms with van der Waals surface area (Å²) in [6.07, 6.45) is -0.916. The van der Waals surface area contributed by atoms with E-state index in [0.717, 1.165) is 24.6 Å². The fourth-order valence-corrected chi connectivity index (χ4v) is 4.29. The molecule has 2 aromatic heterocycles. The maximum atomic E-state index is 13.6. The average Bonchev–Trinajstić information content (AvgIpc) is 3.36. The van der Waals surface area contributed by atoms with Crippen molar-refractivity contribution in [1.29, 1.82) is 0 Å². The van der Waals surface area contributed by atoms with E-state index in [1.165, 1.54) is 12.3 Å². The number of hydrogen-bond acceptors (Lipinski definition) is 3. The molecule has 0 bridgehead atoms. The Bertz CT molecular complexity index is 1190. The van der Waals surface area contributed by atoms with Crippen LogP contribution in [0.25, 0.3) is 22.8 Å². The third-order valence-corrected chi connectivity index (χ3v) is 6.20. The Hall–Kier alpha value is -3.16. The van der Waals surface area contributed by atoms with Crippen molar-refractivity contribution in [2.45, 2.75) is 44.2 Å². The molecule has 3 aromatic rings. The summed E-state index contributed by atoms with van der Waals surface area (Å²) in [4.78, 5) is 24.3. The first kappa shape index (κ1) is 19.8. The summed E-state index contributed by atoms with van der Waals surface area (Å²) in [7, 11) is 0. The van der Waals surface area contributed by atoms with Crippen LogP contribution in [-0.4, -0.2) is 27.4 Å². The highest BCUT2D eigenvalue weighted by atomic mass is 19.4.